The zero-order valence-corrected chi connectivity index (χ0v) is 23.5. The molecule has 2 aromatic rings. The van der Waals surface area contributed by atoms with Gasteiger partial charge in [0.1, 0.15) is 35.6 Å². The fraction of sp³-hybridized carbons (Fsp3) is 0.429. The Morgan fingerprint density at radius 3 is 2.31 bits per heavy atom. The van der Waals surface area contributed by atoms with Crippen LogP contribution >= 0.6 is 0 Å². The van der Waals surface area contributed by atoms with Gasteiger partial charge in [-0.2, -0.15) is 13.2 Å². The largest absolute Gasteiger partial charge is 0.492 e. The minimum Gasteiger partial charge on any atom is -0.492 e. The molecular weight excluding hydrogens is 561 g/mol. The Kier molecular flexibility index (Phi) is 12.0. The van der Waals surface area contributed by atoms with Gasteiger partial charge in [0.15, 0.2) is 0 Å². The van der Waals surface area contributed by atoms with Crippen LogP contribution in [0, 0.1) is 5.41 Å². The van der Waals surface area contributed by atoms with Crippen molar-refractivity contribution in [2.45, 2.75) is 51.5 Å². The number of amides is 2. The van der Waals surface area contributed by atoms with E-state index in [1.807, 2.05) is 45.0 Å². The first-order valence-corrected chi connectivity index (χ1v) is 12.9. The van der Waals surface area contributed by atoms with Crippen molar-refractivity contribution < 1.29 is 46.9 Å². The molecule has 2 aromatic carbocycles. The van der Waals surface area contributed by atoms with Crippen molar-refractivity contribution in [1.29, 1.82) is 5.41 Å². The molecule has 1 saturated heterocycles. The fourth-order valence-corrected chi connectivity index (χ4v) is 3.56. The Bertz CT molecular complexity index is 1230. The number of hydrogen-bond acceptors (Lipinski definition) is 7. The van der Waals surface area contributed by atoms with Crippen LogP contribution < -0.4 is 20.5 Å². The number of carboxylic acid groups (broad SMARTS) is 1. The predicted molar refractivity (Wildman–Crippen MR) is 147 cm³/mol. The van der Waals surface area contributed by atoms with Crippen molar-refractivity contribution in [3.05, 3.63) is 59.7 Å². The molecule has 14 heteroatoms. The topological polar surface area (TPSA) is 164 Å². The van der Waals surface area contributed by atoms with E-state index in [0.29, 0.717) is 43.3 Å². The average Bonchev–Trinajstić information content (AvgIpc) is 3.35. The van der Waals surface area contributed by atoms with Gasteiger partial charge in [-0.25, -0.2) is 9.59 Å². The number of carboxylic acids is 1. The van der Waals surface area contributed by atoms with Gasteiger partial charge in [-0.15, -0.1) is 0 Å². The number of rotatable bonds is 9. The van der Waals surface area contributed by atoms with Crippen LogP contribution in [0.3, 0.4) is 0 Å². The number of nitrogens with zero attached hydrogens (tertiary/aromatic N) is 1. The van der Waals surface area contributed by atoms with Crippen LogP contribution in [0.25, 0.3) is 0 Å². The third-order valence-electron chi connectivity index (χ3n) is 5.47. The summed E-state index contributed by atoms with van der Waals surface area (Å²) in [7, 11) is 0. The van der Waals surface area contributed by atoms with Crippen LogP contribution in [0.2, 0.25) is 0 Å². The van der Waals surface area contributed by atoms with Gasteiger partial charge in [0.25, 0.3) is 0 Å². The number of halogens is 3. The molecule has 1 aliphatic rings. The number of alkyl halides is 3. The zero-order valence-electron chi connectivity index (χ0n) is 23.5. The van der Waals surface area contributed by atoms with Crippen LogP contribution in [0.4, 0.5) is 18.0 Å². The maximum absolute atomic E-state index is 12.2. The summed E-state index contributed by atoms with van der Waals surface area (Å²) >= 11 is 0. The maximum atomic E-state index is 12.2. The number of aliphatic carboxylic acids is 1. The number of carbonyl (C=O) groups excluding carboxylic acids is 2. The van der Waals surface area contributed by atoms with E-state index in [-0.39, 0.29) is 30.4 Å². The molecule has 230 valence electrons. The van der Waals surface area contributed by atoms with Crippen molar-refractivity contribution in [3.63, 3.8) is 0 Å². The van der Waals surface area contributed by atoms with E-state index >= 15 is 0 Å². The summed E-state index contributed by atoms with van der Waals surface area (Å²) in [5.41, 5.74) is 6.42. The maximum Gasteiger partial charge on any atom is 0.490 e. The van der Waals surface area contributed by atoms with Crippen LogP contribution in [-0.4, -0.2) is 77.9 Å². The summed E-state index contributed by atoms with van der Waals surface area (Å²) in [5, 5.41) is 17.4. The lowest BCUT2D eigenvalue weighted by Crippen LogP contribution is -2.36. The van der Waals surface area contributed by atoms with Crippen LogP contribution in [-0.2, 0) is 20.7 Å². The summed E-state index contributed by atoms with van der Waals surface area (Å²) in [6.07, 6.45) is -4.51. The number of amidine groups is 1. The number of benzene rings is 2. The number of hydrogen-bond donors (Lipinski definition) is 4. The minimum absolute atomic E-state index is 0.0221. The number of likely N-dealkylation sites (tertiary alicyclic amines) is 1. The summed E-state index contributed by atoms with van der Waals surface area (Å²) < 4.78 is 48.8. The monoisotopic (exact) mass is 596 g/mol. The summed E-state index contributed by atoms with van der Waals surface area (Å²) in [6.45, 7) is 7.30. The molecule has 2 amide bonds. The fourth-order valence-electron chi connectivity index (χ4n) is 3.56. The minimum atomic E-state index is -5.08. The van der Waals surface area contributed by atoms with E-state index < -0.39 is 17.7 Å². The lowest BCUT2D eigenvalue weighted by Gasteiger charge is -2.24. The Morgan fingerprint density at radius 2 is 1.74 bits per heavy atom. The van der Waals surface area contributed by atoms with Crippen molar-refractivity contribution in [2.75, 3.05) is 26.2 Å². The molecule has 1 aliphatic heterocycles. The average molecular weight is 597 g/mol. The van der Waals surface area contributed by atoms with Crippen molar-refractivity contribution >= 4 is 23.8 Å². The molecule has 0 radical (unpaired) electrons. The van der Waals surface area contributed by atoms with Gasteiger partial charge in [0.2, 0.25) is 5.91 Å². The lowest BCUT2D eigenvalue weighted by atomic mass is 10.1. The smallest absolute Gasteiger partial charge is 0.490 e. The van der Waals surface area contributed by atoms with Gasteiger partial charge in [0.05, 0.1) is 19.5 Å². The van der Waals surface area contributed by atoms with Crippen molar-refractivity contribution in [2.24, 2.45) is 5.73 Å². The Labute approximate surface area is 241 Å². The van der Waals surface area contributed by atoms with Crippen molar-refractivity contribution in [1.82, 2.24) is 10.2 Å². The molecule has 0 saturated carbocycles. The Balaban J connectivity index is 0.000000782. The Morgan fingerprint density at radius 1 is 1.10 bits per heavy atom. The van der Waals surface area contributed by atoms with Crippen LogP contribution in [0.15, 0.2) is 48.5 Å². The molecule has 3 rings (SSSR count). The molecule has 42 heavy (non-hydrogen) atoms. The molecule has 0 unspecified atom stereocenters. The number of nitrogens with one attached hydrogen (secondary N) is 2. The molecule has 0 aromatic heterocycles. The number of nitrogens with two attached hydrogens (primary N) is 1. The van der Waals surface area contributed by atoms with E-state index in [1.54, 1.807) is 29.2 Å². The summed E-state index contributed by atoms with van der Waals surface area (Å²) in [5.74, 6) is -1.59. The van der Waals surface area contributed by atoms with Gasteiger partial charge in [-0.1, -0.05) is 24.3 Å². The highest BCUT2D eigenvalue weighted by Crippen LogP contribution is 2.21. The van der Waals surface area contributed by atoms with E-state index in [9.17, 15) is 22.8 Å². The van der Waals surface area contributed by atoms with Gasteiger partial charge in [-0.05, 0) is 50.6 Å². The summed E-state index contributed by atoms with van der Waals surface area (Å²) in [4.78, 5) is 35.0. The van der Waals surface area contributed by atoms with E-state index in [2.05, 4.69) is 5.32 Å². The highest BCUT2D eigenvalue weighted by molar-refractivity contribution is 5.95. The third kappa shape index (κ3) is 12.4. The normalized spacial score (nSPS) is 14.7. The van der Waals surface area contributed by atoms with E-state index in [1.165, 1.54) is 0 Å². The second-order valence-electron chi connectivity index (χ2n) is 10.2. The van der Waals surface area contributed by atoms with Gasteiger partial charge in [0, 0.05) is 18.5 Å². The summed E-state index contributed by atoms with van der Waals surface area (Å²) in [6, 6.07) is 14.4. The molecule has 0 aliphatic carbocycles. The number of nitrogen functional groups attached to an aromatic ring is 1. The SMILES string of the molecule is CC(C)(C)OC(=O)N1CC[C@H](Oc2ccc(CC(=O)NCCOc3cccc(C(=N)N)c3)cc2)C1.O=C(O)C(F)(F)F. The first-order valence-electron chi connectivity index (χ1n) is 12.9. The Hall–Kier alpha value is -4.49. The molecule has 0 spiro atoms. The number of carbonyl (C=O) groups is 3. The van der Waals surface area contributed by atoms with Gasteiger partial charge in [-0.3, -0.25) is 10.2 Å². The second-order valence-corrected chi connectivity index (χ2v) is 10.2. The molecular formula is C28H35F3N4O7. The quantitative estimate of drug-likeness (QED) is 0.193. The van der Waals surface area contributed by atoms with Crippen LogP contribution in [0.1, 0.15) is 38.3 Å². The molecule has 11 nitrogen and oxygen atoms in total. The molecule has 0 bridgehead atoms. The molecule has 1 atom stereocenters. The standard InChI is InChI=1S/C26H34N4O5.C2HF3O2/c1-26(2,3)35-25(32)30-13-11-22(17-30)34-20-9-7-18(8-10-20)15-23(31)29-12-14-33-21-6-4-5-19(16-21)24(27)28;3-2(4,5)1(6)7/h4-10,16,22H,11-15,17H2,1-3H3,(H3,27,28)(H,29,31);(H,6,7)/t22-;/m0./s1. The molecule has 5 N–H and O–H groups in total. The van der Waals surface area contributed by atoms with Gasteiger partial charge >= 0.3 is 18.2 Å². The van der Waals surface area contributed by atoms with Crippen LogP contribution in [0.5, 0.6) is 11.5 Å². The zero-order chi connectivity index (χ0) is 31.5. The van der Waals surface area contributed by atoms with E-state index in [4.69, 9.17) is 35.3 Å². The third-order valence-corrected chi connectivity index (χ3v) is 5.47. The molecule has 1 fully saturated rings. The highest BCUT2D eigenvalue weighted by Gasteiger charge is 2.38. The van der Waals surface area contributed by atoms with Crippen molar-refractivity contribution in [3.8, 4) is 11.5 Å². The first-order chi connectivity index (χ1) is 19.5. The lowest BCUT2D eigenvalue weighted by molar-refractivity contribution is -0.192. The second kappa shape index (κ2) is 14.9. The number of ether oxygens (including phenoxy) is 3. The molecule has 1 heterocycles. The first kappa shape index (κ1) is 33.7. The predicted octanol–water partition coefficient (Wildman–Crippen LogP) is 3.73. The van der Waals surface area contributed by atoms with E-state index in [0.717, 1.165) is 12.0 Å². The van der Waals surface area contributed by atoms with Gasteiger partial charge < -0.3 is 35.3 Å². The highest BCUT2D eigenvalue weighted by atomic mass is 19.4.